The van der Waals surface area contributed by atoms with Crippen LogP contribution in [0.15, 0.2) is 30.9 Å². The van der Waals surface area contributed by atoms with E-state index in [9.17, 15) is 4.79 Å². The molecule has 0 aromatic carbocycles. The second-order valence-electron chi connectivity index (χ2n) is 2.86. The second kappa shape index (κ2) is 4.79. The number of pyridine rings is 1. The lowest BCUT2D eigenvalue weighted by molar-refractivity contribution is 0.0526. The lowest BCUT2D eigenvalue weighted by Crippen LogP contribution is -2.04. The summed E-state index contributed by atoms with van der Waals surface area (Å²) in [6, 6.07) is 3.47. The summed E-state index contributed by atoms with van der Waals surface area (Å²) in [7, 11) is 0. The number of carbonyl (C=O) groups is 1. The maximum atomic E-state index is 11.4. The summed E-state index contributed by atoms with van der Waals surface area (Å²) in [4.78, 5) is 15.3. The smallest absolute Gasteiger partial charge is 0.338 e. The minimum Gasteiger partial charge on any atom is -0.462 e. The average Bonchev–Trinajstić information content (AvgIpc) is 2.64. The first-order valence-electron chi connectivity index (χ1n) is 4.40. The number of hydrogen-bond acceptors (Lipinski definition) is 3. The highest BCUT2D eigenvalue weighted by Crippen LogP contribution is 2.07. The van der Waals surface area contributed by atoms with Gasteiger partial charge in [-0.05, 0) is 19.1 Å². The van der Waals surface area contributed by atoms with Crippen LogP contribution in [0, 0.1) is 0 Å². The molecule has 0 unspecified atom stereocenters. The van der Waals surface area contributed by atoms with Crippen LogP contribution >= 0.6 is 12.4 Å². The summed E-state index contributed by atoms with van der Waals surface area (Å²) in [5.74, 6) is -0.295. The summed E-state index contributed by atoms with van der Waals surface area (Å²) in [6.45, 7) is 2.18. The number of imidazole rings is 1. The molecule has 0 saturated carbocycles. The van der Waals surface area contributed by atoms with Gasteiger partial charge in [0.15, 0.2) is 0 Å². The Kier molecular flexibility index (Phi) is 3.68. The molecule has 0 saturated heterocycles. The molecule has 2 rings (SSSR count). The van der Waals surface area contributed by atoms with Crippen molar-refractivity contribution < 1.29 is 9.53 Å². The van der Waals surface area contributed by atoms with E-state index in [2.05, 4.69) is 4.98 Å². The van der Waals surface area contributed by atoms with Gasteiger partial charge in [-0.3, -0.25) is 0 Å². The van der Waals surface area contributed by atoms with Crippen molar-refractivity contribution in [1.82, 2.24) is 9.38 Å². The molecule has 0 bridgehead atoms. The van der Waals surface area contributed by atoms with Crippen molar-refractivity contribution in [1.29, 1.82) is 0 Å². The third kappa shape index (κ3) is 2.27. The Morgan fingerprint density at radius 1 is 1.60 bits per heavy atom. The highest BCUT2D eigenvalue weighted by atomic mass is 35.5. The molecule has 4 nitrogen and oxygen atoms in total. The highest BCUT2D eigenvalue weighted by Gasteiger charge is 2.06. The fraction of sp³-hybridized carbons (Fsp3) is 0.200. The molecule has 80 valence electrons. The van der Waals surface area contributed by atoms with E-state index in [0.717, 1.165) is 5.52 Å². The first-order valence-corrected chi connectivity index (χ1v) is 4.40. The highest BCUT2D eigenvalue weighted by molar-refractivity contribution is 5.90. The van der Waals surface area contributed by atoms with E-state index in [1.54, 1.807) is 37.8 Å². The third-order valence-electron chi connectivity index (χ3n) is 1.93. The van der Waals surface area contributed by atoms with Crippen molar-refractivity contribution >= 4 is 23.9 Å². The first-order chi connectivity index (χ1) is 6.81. The van der Waals surface area contributed by atoms with Crippen molar-refractivity contribution in [2.45, 2.75) is 6.92 Å². The van der Waals surface area contributed by atoms with Crippen molar-refractivity contribution in [3.8, 4) is 0 Å². The van der Waals surface area contributed by atoms with Crippen LogP contribution in [0.25, 0.3) is 5.52 Å². The molecule has 15 heavy (non-hydrogen) atoms. The molecule has 5 heteroatoms. The van der Waals surface area contributed by atoms with E-state index in [-0.39, 0.29) is 18.4 Å². The number of aromatic nitrogens is 2. The van der Waals surface area contributed by atoms with Crippen molar-refractivity contribution in [2.24, 2.45) is 0 Å². The zero-order chi connectivity index (χ0) is 9.97. The molecular weight excluding hydrogens is 216 g/mol. The molecule has 0 aliphatic heterocycles. The Labute approximate surface area is 93.3 Å². The van der Waals surface area contributed by atoms with Gasteiger partial charge in [0.25, 0.3) is 0 Å². The molecule has 0 radical (unpaired) electrons. The fourth-order valence-electron chi connectivity index (χ4n) is 1.26. The number of ether oxygens (including phenoxy) is 1. The van der Waals surface area contributed by atoms with E-state index in [1.165, 1.54) is 0 Å². The number of fused-ring (bicyclic) bond motifs is 1. The van der Waals surface area contributed by atoms with Crippen molar-refractivity contribution in [2.75, 3.05) is 6.61 Å². The number of esters is 1. The molecule has 2 heterocycles. The van der Waals surface area contributed by atoms with Crippen molar-refractivity contribution in [3.05, 3.63) is 36.4 Å². The zero-order valence-corrected chi connectivity index (χ0v) is 9.03. The van der Waals surface area contributed by atoms with E-state index in [4.69, 9.17) is 4.74 Å². The van der Waals surface area contributed by atoms with E-state index < -0.39 is 0 Å². The number of nitrogens with zero attached hydrogens (tertiary/aromatic N) is 2. The van der Waals surface area contributed by atoms with Crippen LogP contribution in [0.4, 0.5) is 0 Å². The van der Waals surface area contributed by atoms with Crippen LogP contribution in [0.3, 0.4) is 0 Å². The van der Waals surface area contributed by atoms with Crippen LogP contribution in [-0.2, 0) is 4.74 Å². The molecule has 0 aliphatic carbocycles. The molecule has 2 aromatic heterocycles. The predicted molar refractivity (Wildman–Crippen MR) is 58.4 cm³/mol. The van der Waals surface area contributed by atoms with Gasteiger partial charge in [0.1, 0.15) is 0 Å². The maximum absolute atomic E-state index is 11.4. The molecule has 0 spiro atoms. The van der Waals surface area contributed by atoms with Gasteiger partial charge in [-0.25, -0.2) is 9.78 Å². The summed E-state index contributed by atoms with van der Waals surface area (Å²) in [5.41, 5.74) is 1.44. The molecule has 0 aliphatic rings. The van der Waals surface area contributed by atoms with E-state index in [0.29, 0.717) is 12.2 Å². The second-order valence-corrected chi connectivity index (χ2v) is 2.86. The zero-order valence-electron chi connectivity index (χ0n) is 8.21. The SMILES string of the molecule is CCOC(=O)c1ccn2cncc2c1.Cl. The Morgan fingerprint density at radius 3 is 3.13 bits per heavy atom. The minimum atomic E-state index is -0.295. The largest absolute Gasteiger partial charge is 0.462 e. The van der Waals surface area contributed by atoms with Gasteiger partial charge in [-0.2, -0.15) is 0 Å². The van der Waals surface area contributed by atoms with Crippen molar-refractivity contribution in [3.63, 3.8) is 0 Å². The quantitative estimate of drug-likeness (QED) is 0.735. The summed E-state index contributed by atoms with van der Waals surface area (Å²) < 4.78 is 6.72. The van der Waals surface area contributed by atoms with Gasteiger partial charge < -0.3 is 9.14 Å². The van der Waals surface area contributed by atoms with Crippen LogP contribution in [0.2, 0.25) is 0 Å². The Balaban J connectivity index is 0.00000112. The van der Waals surface area contributed by atoms with E-state index >= 15 is 0 Å². The Morgan fingerprint density at radius 2 is 2.40 bits per heavy atom. The predicted octanol–water partition coefficient (Wildman–Crippen LogP) is 1.93. The lowest BCUT2D eigenvalue weighted by Gasteiger charge is -2.01. The molecule has 2 aromatic rings. The van der Waals surface area contributed by atoms with Crippen LogP contribution in [0.1, 0.15) is 17.3 Å². The number of hydrogen-bond donors (Lipinski definition) is 0. The normalized spacial score (nSPS) is 9.67. The fourth-order valence-corrected chi connectivity index (χ4v) is 1.26. The average molecular weight is 227 g/mol. The van der Waals surface area contributed by atoms with Gasteiger partial charge in [-0.15, -0.1) is 12.4 Å². The Hall–Kier alpha value is -1.55. The molecule has 0 amide bonds. The van der Waals surface area contributed by atoms with Gasteiger partial charge in [0, 0.05) is 6.20 Å². The van der Waals surface area contributed by atoms with Gasteiger partial charge in [0.2, 0.25) is 0 Å². The molecular formula is C10H11ClN2O2. The minimum absolute atomic E-state index is 0. The molecule has 0 N–H and O–H groups in total. The number of halogens is 1. The first kappa shape index (κ1) is 11.5. The van der Waals surface area contributed by atoms with Gasteiger partial charge in [-0.1, -0.05) is 0 Å². The standard InChI is InChI=1S/C10H10N2O2.ClH/c1-2-14-10(13)8-3-4-12-7-11-6-9(12)5-8;/h3-7H,2H2,1H3;1H. The number of rotatable bonds is 2. The summed E-state index contributed by atoms with van der Waals surface area (Å²) in [5, 5.41) is 0. The van der Waals surface area contributed by atoms with Gasteiger partial charge in [0.05, 0.1) is 30.2 Å². The van der Waals surface area contributed by atoms with Gasteiger partial charge >= 0.3 is 5.97 Å². The monoisotopic (exact) mass is 226 g/mol. The van der Waals surface area contributed by atoms with E-state index in [1.807, 2.05) is 4.40 Å². The lowest BCUT2D eigenvalue weighted by atomic mass is 10.2. The van der Waals surface area contributed by atoms with Crippen LogP contribution < -0.4 is 0 Å². The summed E-state index contributed by atoms with van der Waals surface area (Å²) in [6.07, 6.45) is 5.17. The Bertz CT molecular complexity index is 467. The van der Waals surface area contributed by atoms with Crippen LogP contribution in [-0.4, -0.2) is 22.0 Å². The van der Waals surface area contributed by atoms with Crippen LogP contribution in [0.5, 0.6) is 0 Å². The summed E-state index contributed by atoms with van der Waals surface area (Å²) >= 11 is 0. The maximum Gasteiger partial charge on any atom is 0.338 e. The topological polar surface area (TPSA) is 43.6 Å². The molecule has 0 atom stereocenters. The number of carbonyl (C=O) groups excluding carboxylic acids is 1. The molecule has 0 fully saturated rings. The third-order valence-corrected chi connectivity index (χ3v) is 1.93.